The van der Waals surface area contributed by atoms with Crippen LogP contribution in [0, 0.1) is 5.92 Å². The summed E-state index contributed by atoms with van der Waals surface area (Å²) in [4.78, 5) is 10.7. The maximum atomic E-state index is 10.7. The summed E-state index contributed by atoms with van der Waals surface area (Å²) in [6.45, 7) is 3.51. The first-order chi connectivity index (χ1) is 5.04. The largest absolute Gasteiger partial charge is 1.00 e. The van der Waals surface area contributed by atoms with Crippen molar-refractivity contribution in [1.82, 2.24) is 0 Å². The highest BCUT2D eigenvalue weighted by Gasteiger charge is 2.07. The summed E-state index contributed by atoms with van der Waals surface area (Å²) in [5, 5.41) is 5.60. The topological polar surface area (TPSA) is 68.7 Å². The second kappa shape index (κ2) is 7.61. The molecule has 0 saturated carbocycles. The number of carbonyl (C=O) groups excluding carboxylic acids is 1. The highest BCUT2D eigenvalue weighted by Crippen LogP contribution is 2.08. The molecule has 0 aromatic carbocycles. The number of thioether (sulfide) groups is 1. The number of halogens is 1. The van der Waals surface area contributed by atoms with Crippen molar-refractivity contribution in [3.8, 4) is 0 Å². The third-order valence-electron chi connectivity index (χ3n) is 1.51. The fourth-order valence-electron chi connectivity index (χ4n) is 0.557. The summed E-state index contributed by atoms with van der Waals surface area (Å²) < 4.78 is 0. The van der Waals surface area contributed by atoms with Crippen LogP contribution in [0.1, 0.15) is 20.3 Å². The molecule has 0 rings (SSSR count). The van der Waals surface area contributed by atoms with E-state index in [1.165, 1.54) is 11.8 Å². The van der Waals surface area contributed by atoms with Crippen molar-refractivity contribution in [2.45, 2.75) is 20.3 Å². The normalized spacial score (nSPS) is 11.5. The quantitative estimate of drug-likeness (QED) is 0.403. The fourth-order valence-corrected chi connectivity index (χ4v) is 1.26. The summed E-state index contributed by atoms with van der Waals surface area (Å²) in [6, 6.07) is 0. The Hall–Kier alpha value is -0.0300. The Morgan fingerprint density at radius 2 is 2.17 bits per heavy atom. The Labute approximate surface area is 87.8 Å². The van der Waals surface area contributed by atoms with Crippen LogP contribution in [0.15, 0.2) is 0 Å². The number of hydrogen-bond acceptors (Lipinski definition) is 2. The third kappa shape index (κ3) is 8.07. The molecule has 0 bridgehead atoms. The first-order valence-electron chi connectivity index (χ1n) is 3.55. The number of ketones is 1. The van der Waals surface area contributed by atoms with E-state index in [2.05, 4.69) is 0 Å². The van der Waals surface area contributed by atoms with Gasteiger partial charge in [0.2, 0.25) is 0 Å². The molecular formula is C7H15BrN2OS. The van der Waals surface area contributed by atoms with Crippen LogP contribution < -0.4 is 28.1 Å². The predicted molar refractivity (Wildman–Crippen MR) is 48.0 cm³/mol. The van der Waals surface area contributed by atoms with Crippen LogP contribution >= 0.6 is 11.8 Å². The smallest absolute Gasteiger partial charge is 0.299 e. The second-order valence-electron chi connectivity index (χ2n) is 2.55. The predicted octanol–water partition coefficient (Wildman–Crippen LogP) is -3.59. The number of hydrogen-bond donors (Lipinski definition) is 2. The molecule has 0 aliphatic rings. The first-order valence-corrected chi connectivity index (χ1v) is 4.53. The van der Waals surface area contributed by atoms with Gasteiger partial charge < -0.3 is 17.0 Å². The van der Waals surface area contributed by atoms with Gasteiger partial charge in [0.15, 0.2) is 0 Å². The highest BCUT2D eigenvalue weighted by atomic mass is 79.9. The van der Waals surface area contributed by atoms with E-state index in [0.29, 0.717) is 5.17 Å². The summed E-state index contributed by atoms with van der Waals surface area (Å²) >= 11 is 1.40. The number of rotatable bonds is 4. The summed E-state index contributed by atoms with van der Waals surface area (Å²) in [5.74, 6) is 1.17. The van der Waals surface area contributed by atoms with Crippen LogP contribution in [0.5, 0.6) is 0 Å². The van der Waals surface area contributed by atoms with Crippen LogP contribution in [-0.4, -0.2) is 16.7 Å². The SMILES string of the molecule is CC(=O)C(C)CCSC(N)=[NH2+].[Br-]. The van der Waals surface area contributed by atoms with Crippen molar-refractivity contribution in [3.63, 3.8) is 0 Å². The van der Waals surface area contributed by atoms with Gasteiger partial charge in [-0.15, -0.1) is 0 Å². The monoisotopic (exact) mass is 254 g/mol. The van der Waals surface area contributed by atoms with Crippen LogP contribution in [0.4, 0.5) is 0 Å². The van der Waals surface area contributed by atoms with Gasteiger partial charge in [-0.3, -0.25) is 15.9 Å². The zero-order chi connectivity index (χ0) is 8.85. The molecule has 1 unspecified atom stereocenters. The van der Waals surface area contributed by atoms with Gasteiger partial charge in [-0.1, -0.05) is 6.92 Å². The van der Waals surface area contributed by atoms with Gasteiger partial charge in [-0.05, 0) is 25.1 Å². The zero-order valence-electron chi connectivity index (χ0n) is 7.34. The zero-order valence-corrected chi connectivity index (χ0v) is 9.74. The minimum atomic E-state index is 0. The van der Waals surface area contributed by atoms with E-state index >= 15 is 0 Å². The van der Waals surface area contributed by atoms with Gasteiger partial charge >= 0.3 is 0 Å². The molecule has 0 spiro atoms. The molecule has 72 valence electrons. The molecule has 0 aliphatic carbocycles. The molecule has 0 amide bonds. The van der Waals surface area contributed by atoms with Gasteiger partial charge in [0.25, 0.3) is 5.17 Å². The van der Waals surface area contributed by atoms with Crippen molar-refractivity contribution in [2.75, 3.05) is 5.75 Å². The molecule has 5 heteroatoms. The average Bonchev–Trinajstić information content (AvgIpc) is 1.86. The van der Waals surface area contributed by atoms with E-state index in [1.54, 1.807) is 6.92 Å². The molecular weight excluding hydrogens is 240 g/mol. The molecule has 0 saturated heterocycles. The van der Waals surface area contributed by atoms with Gasteiger partial charge in [-0.2, -0.15) is 0 Å². The molecule has 0 aromatic heterocycles. The summed E-state index contributed by atoms with van der Waals surface area (Å²) in [5.41, 5.74) is 5.23. The van der Waals surface area contributed by atoms with Gasteiger partial charge in [0.1, 0.15) is 5.78 Å². The number of Topliss-reactive ketones (excluding diaryl/α,β-unsaturated/α-hetero) is 1. The van der Waals surface area contributed by atoms with Crippen LogP contribution in [-0.2, 0) is 4.79 Å². The fraction of sp³-hybridized carbons (Fsp3) is 0.714. The molecule has 0 fully saturated rings. The average molecular weight is 255 g/mol. The highest BCUT2D eigenvalue weighted by molar-refractivity contribution is 8.13. The van der Waals surface area contributed by atoms with E-state index in [9.17, 15) is 4.79 Å². The van der Waals surface area contributed by atoms with E-state index < -0.39 is 0 Å². The maximum Gasteiger partial charge on any atom is 0.299 e. The third-order valence-corrected chi connectivity index (χ3v) is 2.29. The molecule has 12 heavy (non-hydrogen) atoms. The lowest BCUT2D eigenvalue weighted by Gasteiger charge is -2.03. The Bertz CT molecular complexity index is 163. The van der Waals surface area contributed by atoms with Crippen molar-refractivity contribution in [1.29, 1.82) is 0 Å². The van der Waals surface area contributed by atoms with E-state index in [0.717, 1.165) is 12.2 Å². The lowest BCUT2D eigenvalue weighted by molar-refractivity contribution is -0.120. The van der Waals surface area contributed by atoms with E-state index in [-0.39, 0.29) is 28.7 Å². The van der Waals surface area contributed by atoms with Crippen LogP contribution in [0.25, 0.3) is 0 Å². The van der Waals surface area contributed by atoms with Crippen molar-refractivity contribution in [3.05, 3.63) is 0 Å². The molecule has 3 nitrogen and oxygen atoms in total. The first kappa shape index (κ1) is 14.5. The Kier molecular flexibility index (Phi) is 9.19. The molecule has 0 heterocycles. The number of carbonyl (C=O) groups is 1. The lowest BCUT2D eigenvalue weighted by atomic mass is 10.1. The second-order valence-corrected chi connectivity index (χ2v) is 3.72. The van der Waals surface area contributed by atoms with Crippen molar-refractivity contribution >= 4 is 22.7 Å². The molecule has 4 N–H and O–H groups in total. The Balaban J connectivity index is 0. The van der Waals surface area contributed by atoms with Gasteiger partial charge in [0.05, 0.1) is 0 Å². The maximum absolute atomic E-state index is 10.7. The van der Waals surface area contributed by atoms with Gasteiger partial charge in [0, 0.05) is 11.7 Å². The molecule has 0 radical (unpaired) electrons. The minimum absolute atomic E-state index is 0. The molecule has 0 aromatic rings. The number of nitrogens with two attached hydrogens (primary N) is 2. The van der Waals surface area contributed by atoms with Crippen molar-refractivity contribution in [2.24, 2.45) is 11.7 Å². The van der Waals surface area contributed by atoms with E-state index in [4.69, 9.17) is 11.1 Å². The minimum Gasteiger partial charge on any atom is -1.00 e. The summed E-state index contributed by atoms with van der Waals surface area (Å²) in [6.07, 6.45) is 0.845. The van der Waals surface area contributed by atoms with Gasteiger partial charge in [-0.25, -0.2) is 0 Å². The number of amidine groups is 1. The molecule has 1 atom stereocenters. The lowest BCUT2D eigenvalue weighted by Crippen LogP contribution is -3.00. The van der Waals surface area contributed by atoms with Crippen LogP contribution in [0.3, 0.4) is 0 Å². The standard InChI is InChI=1S/C7H14N2OS.BrH/c1-5(6(2)10)3-4-11-7(8)9;/h5H,3-4H2,1-2H3,(H3,8,9);1H. The Morgan fingerprint density at radius 3 is 2.50 bits per heavy atom. The van der Waals surface area contributed by atoms with Crippen molar-refractivity contribution < 1.29 is 27.2 Å². The van der Waals surface area contributed by atoms with Crippen LogP contribution in [0.2, 0.25) is 0 Å². The molecule has 0 aliphatic heterocycles. The Morgan fingerprint density at radius 1 is 1.67 bits per heavy atom. The van der Waals surface area contributed by atoms with E-state index in [1.807, 2.05) is 6.92 Å². The summed E-state index contributed by atoms with van der Waals surface area (Å²) in [7, 11) is 0.